The molecule has 0 aliphatic rings. The fourth-order valence-corrected chi connectivity index (χ4v) is 3.27. The number of carbonyl (C=O) groups excluding carboxylic acids is 2. The van der Waals surface area contributed by atoms with Gasteiger partial charge in [0.25, 0.3) is 5.91 Å². The molecule has 1 aromatic heterocycles. The topological polar surface area (TPSA) is 86.8 Å². The molecule has 0 spiro atoms. The number of methoxy groups -OCH3 is 2. The van der Waals surface area contributed by atoms with E-state index in [2.05, 4.69) is 10.3 Å². The van der Waals surface area contributed by atoms with E-state index in [0.29, 0.717) is 16.6 Å². The van der Waals surface area contributed by atoms with Crippen molar-refractivity contribution in [2.45, 2.75) is 0 Å². The number of amides is 1. The molecule has 1 amide bonds. The summed E-state index contributed by atoms with van der Waals surface area (Å²) in [6.07, 6.45) is 2.81. The van der Waals surface area contributed by atoms with E-state index < -0.39 is 18.5 Å². The first-order valence-corrected chi connectivity index (χ1v) is 9.84. The van der Waals surface area contributed by atoms with Crippen LogP contribution in [0.25, 0.3) is 17.3 Å². The normalized spacial score (nSPS) is 10.6. The molecule has 0 radical (unpaired) electrons. The van der Waals surface area contributed by atoms with E-state index in [4.69, 9.17) is 14.2 Å². The lowest BCUT2D eigenvalue weighted by Crippen LogP contribution is -2.20. The number of carbonyl (C=O) groups is 2. The Morgan fingerprint density at radius 2 is 1.83 bits per heavy atom. The maximum Gasteiger partial charge on any atom is 0.331 e. The Morgan fingerprint density at radius 3 is 2.57 bits per heavy atom. The number of esters is 1. The highest BCUT2D eigenvalue weighted by molar-refractivity contribution is 7.14. The van der Waals surface area contributed by atoms with Crippen LogP contribution >= 0.6 is 11.3 Å². The molecule has 0 unspecified atom stereocenters. The van der Waals surface area contributed by atoms with Gasteiger partial charge in [-0.05, 0) is 23.8 Å². The van der Waals surface area contributed by atoms with Crippen molar-refractivity contribution >= 4 is 34.4 Å². The smallest absolute Gasteiger partial charge is 0.331 e. The molecular weight excluding hydrogens is 404 g/mol. The molecule has 0 aliphatic heterocycles. The van der Waals surface area contributed by atoms with Gasteiger partial charge < -0.3 is 14.2 Å². The van der Waals surface area contributed by atoms with Crippen LogP contribution in [0.2, 0.25) is 0 Å². The quantitative estimate of drug-likeness (QED) is 0.434. The Kier molecular flexibility index (Phi) is 7.18. The minimum Gasteiger partial charge on any atom is -0.493 e. The van der Waals surface area contributed by atoms with Crippen molar-refractivity contribution in [3.63, 3.8) is 0 Å². The molecule has 0 atom stereocenters. The number of nitrogens with zero attached hydrogens (tertiary/aromatic N) is 1. The largest absolute Gasteiger partial charge is 0.493 e. The first-order valence-electron chi connectivity index (χ1n) is 8.96. The number of thiazole rings is 1. The third-order valence-electron chi connectivity index (χ3n) is 3.99. The maximum atomic E-state index is 12.0. The zero-order chi connectivity index (χ0) is 21.3. The highest BCUT2D eigenvalue weighted by Crippen LogP contribution is 2.28. The minimum absolute atomic E-state index is 0.407. The fourth-order valence-electron chi connectivity index (χ4n) is 2.53. The first-order chi connectivity index (χ1) is 14.6. The van der Waals surface area contributed by atoms with Crippen LogP contribution < -0.4 is 14.8 Å². The van der Waals surface area contributed by atoms with E-state index in [0.717, 1.165) is 16.8 Å². The number of aromatic nitrogens is 1. The lowest BCUT2D eigenvalue weighted by Gasteiger charge is -2.07. The van der Waals surface area contributed by atoms with Crippen LogP contribution in [-0.2, 0) is 14.3 Å². The summed E-state index contributed by atoms with van der Waals surface area (Å²) < 4.78 is 15.4. The second kappa shape index (κ2) is 10.2. The van der Waals surface area contributed by atoms with Crippen LogP contribution in [0.15, 0.2) is 60.0 Å². The number of hydrogen-bond donors (Lipinski definition) is 1. The molecule has 3 aromatic rings. The SMILES string of the molecule is COc1ccc(/C=C/C(=O)OCC(=O)Nc2nc(-c3ccccc3)cs2)cc1OC. The average molecular weight is 424 g/mol. The fraction of sp³-hybridized carbons (Fsp3) is 0.136. The monoisotopic (exact) mass is 424 g/mol. The summed E-state index contributed by atoms with van der Waals surface area (Å²) >= 11 is 1.30. The van der Waals surface area contributed by atoms with E-state index in [1.54, 1.807) is 31.4 Å². The van der Waals surface area contributed by atoms with Crippen LogP contribution in [0, 0.1) is 0 Å². The van der Waals surface area contributed by atoms with Gasteiger partial charge in [-0.15, -0.1) is 11.3 Å². The van der Waals surface area contributed by atoms with Crippen molar-refractivity contribution in [2.24, 2.45) is 0 Å². The number of anilines is 1. The summed E-state index contributed by atoms with van der Waals surface area (Å²) in [5.41, 5.74) is 2.46. The van der Waals surface area contributed by atoms with Gasteiger partial charge in [0.2, 0.25) is 0 Å². The third-order valence-corrected chi connectivity index (χ3v) is 4.74. The van der Waals surface area contributed by atoms with Gasteiger partial charge in [0.05, 0.1) is 19.9 Å². The van der Waals surface area contributed by atoms with Gasteiger partial charge in [-0.1, -0.05) is 36.4 Å². The molecule has 1 heterocycles. The Labute approximate surface area is 177 Å². The van der Waals surface area contributed by atoms with Crippen molar-refractivity contribution in [3.05, 3.63) is 65.6 Å². The van der Waals surface area contributed by atoms with Crippen LogP contribution in [0.3, 0.4) is 0 Å². The molecule has 0 fully saturated rings. The molecule has 8 heteroatoms. The summed E-state index contributed by atoms with van der Waals surface area (Å²) in [4.78, 5) is 28.3. The van der Waals surface area contributed by atoms with Crippen molar-refractivity contribution in [1.29, 1.82) is 0 Å². The molecule has 7 nitrogen and oxygen atoms in total. The van der Waals surface area contributed by atoms with Gasteiger partial charge in [0.1, 0.15) is 0 Å². The number of rotatable bonds is 8. The van der Waals surface area contributed by atoms with Crippen LogP contribution in [0.5, 0.6) is 11.5 Å². The standard InChI is InChI=1S/C22H20N2O5S/c1-27-18-10-8-15(12-19(18)28-2)9-11-21(26)29-13-20(25)24-22-23-17(14-30-22)16-6-4-3-5-7-16/h3-12,14H,13H2,1-2H3,(H,23,24,25)/b11-9+. The first kappa shape index (κ1) is 21.1. The van der Waals surface area contributed by atoms with E-state index in [1.165, 1.54) is 24.5 Å². The van der Waals surface area contributed by atoms with Gasteiger partial charge in [-0.25, -0.2) is 9.78 Å². The lowest BCUT2D eigenvalue weighted by molar-refractivity contribution is -0.142. The van der Waals surface area contributed by atoms with E-state index in [-0.39, 0.29) is 0 Å². The second-order valence-electron chi connectivity index (χ2n) is 6.01. The highest BCUT2D eigenvalue weighted by Gasteiger charge is 2.10. The van der Waals surface area contributed by atoms with Crippen molar-refractivity contribution < 1.29 is 23.8 Å². The molecule has 3 rings (SSSR count). The van der Waals surface area contributed by atoms with Crippen LogP contribution in [0.4, 0.5) is 5.13 Å². The van der Waals surface area contributed by atoms with Crippen molar-refractivity contribution in [2.75, 3.05) is 26.1 Å². The molecule has 0 aliphatic carbocycles. The highest BCUT2D eigenvalue weighted by atomic mass is 32.1. The molecule has 0 saturated heterocycles. The zero-order valence-electron chi connectivity index (χ0n) is 16.5. The number of nitrogens with one attached hydrogen (secondary N) is 1. The molecule has 154 valence electrons. The summed E-state index contributed by atoms with van der Waals surface area (Å²) in [7, 11) is 3.08. The van der Waals surface area contributed by atoms with Crippen molar-refractivity contribution in [1.82, 2.24) is 4.98 Å². The van der Waals surface area contributed by atoms with Gasteiger partial charge in [0.15, 0.2) is 23.2 Å². The van der Waals surface area contributed by atoms with Crippen LogP contribution in [-0.4, -0.2) is 37.7 Å². The summed E-state index contributed by atoms with van der Waals surface area (Å²) in [6, 6.07) is 14.9. The van der Waals surface area contributed by atoms with Gasteiger partial charge in [0, 0.05) is 17.0 Å². The van der Waals surface area contributed by atoms with E-state index in [1.807, 2.05) is 35.7 Å². The number of hydrogen-bond acceptors (Lipinski definition) is 7. The number of ether oxygens (including phenoxy) is 3. The number of benzene rings is 2. The van der Waals surface area contributed by atoms with Crippen molar-refractivity contribution in [3.8, 4) is 22.8 Å². The second-order valence-corrected chi connectivity index (χ2v) is 6.87. The molecule has 0 saturated carbocycles. The molecule has 30 heavy (non-hydrogen) atoms. The summed E-state index contributed by atoms with van der Waals surface area (Å²) in [5, 5.41) is 4.92. The Morgan fingerprint density at radius 1 is 1.07 bits per heavy atom. The van der Waals surface area contributed by atoms with E-state index >= 15 is 0 Å². The predicted molar refractivity (Wildman–Crippen MR) is 116 cm³/mol. The van der Waals surface area contributed by atoms with E-state index in [9.17, 15) is 9.59 Å². The maximum absolute atomic E-state index is 12.0. The minimum atomic E-state index is -0.635. The predicted octanol–water partition coefficient (Wildman–Crippen LogP) is 4.02. The van der Waals surface area contributed by atoms with Gasteiger partial charge in [-0.3, -0.25) is 10.1 Å². The summed E-state index contributed by atoms with van der Waals surface area (Å²) in [5.74, 6) is 0.0399. The molecule has 0 bridgehead atoms. The Hall–Kier alpha value is -3.65. The lowest BCUT2D eigenvalue weighted by atomic mass is 10.2. The summed E-state index contributed by atoms with van der Waals surface area (Å²) in [6.45, 7) is -0.407. The zero-order valence-corrected chi connectivity index (χ0v) is 17.3. The van der Waals surface area contributed by atoms with Gasteiger partial charge >= 0.3 is 5.97 Å². The molecular formula is C22H20N2O5S. The average Bonchev–Trinajstić information content (AvgIpc) is 3.25. The Bertz CT molecular complexity index is 1050. The van der Waals surface area contributed by atoms with Gasteiger partial charge in [-0.2, -0.15) is 0 Å². The van der Waals surface area contributed by atoms with Crippen LogP contribution in [0.1, 0.15) is 5.56 Å². The molecule has 2 aromatic carbocycles. The third kappa shape index (κ3) is 5.68. The Balaban J connectivity index is 1.49. The molecule has 1 N–H and O–H groups in total.